The maximum absolute atomic E-state index is 10.7. The van der Waals surface area contributed by atoms with E-state index >= 15 is 0 Å². The molecule has 0 amide bonds. The van der Waals surface area contributed by atoms with Crippen molar-refractivity contribution in [1.29, 1.82) is 0 Å². The zero-order chi connectivity index (χ0) is 13.5. The van der Waals surface area contributed by atoms with Crippen LogP contribution >= 0.6 is 0 Å². The first kappa shape index (κ1) is 14.4. The molecule has 1 atom stereocenters. The number of hydrogen-bond donors (Lipinski definition) is 1. The molecule has 0 aliphatic carbocycles. The summed E-state index contributed by atoms with van der Waals surface area (Å²) in [6.45, 7) is 5.63. The van der Waals surface area contributed by atoms with E-state index in [2.05, 4.69) is 23.7 Å². The summed E-state index contributed by atoms with van der Waals surface area (Å²) in [6, 6.07) is 3.68. The molecule has 1 rings (SSSR count). The van der Waals surface area contributed by atoms with Crippen LogP contribution < -0.4 is 4.90 Å². The summed E-state index contributed by atoms with van der Waals surface area (Å²) in [6.07, 6.45) is 2.61. The Morgan fingerprint density at radius 3 is 2.72 bits per heavy atom. The molecule has 1 aromatic rings. The number of aromatic carboxylic acids is 1. The Morgan fingerprint density at radius 2 is 2.28 bits per heavy atom. The van der Waals surface area contributed by atoms with Gasteiger partial charge in [0.2, 0.25) is 0 Å². The molecule has 0 aliphatic rings. The van der Waals surface area contributed by atoms with Gasteiger partial charge in [-0.05, 0) is 25.5 Å². The maximum atomic E-state index is 10.7. The Bertz CT molecular complexity index is 378. The third-order valence-electron chi connectivity index (χ3n) is 2.96. The van der Waals surface area contributed by atoms with Gasteiger partial charge < -0.3 is 14.7 Å². The van der Waals surface area contributed by atoms with Crippen LogP contribution in [0.4, 0.5) is 5.69 Å². The van der Waals surface area contributed by atoms with Crippen molar-refractivity contribution in [3.63, 3.8) is 0 Å². The second-order valence-corrected chi connectivity index (χ2v) is 4.15. The Morgan fingerprint density at radius 1 is 1.56 bits per heavy atom. The van der Waals surface area contributed by atoms with Crippen LogP contribution in [0.3, 0.4) is 0 Å². The smallest absolute Gasteiger partial charge is 0.354 e. The summed E-state index contributed by atoms with van der Waals surface area (Å²) in [5.74, 6) is -1.01. The average molecular weight is 252 g/mol. The molecule has 0 fully saturated rings. The summed E-state index contributed by atoms with van der Waals surface area (Å²) in [4.78, 5) is 16.9. The fourth-order valence-electron chi connectivity index (χ4n) is 1.70. The normalized spacial score (nSPS) is 12.2. The quantitative estimate of drug-likeness (QED) is 0.804. The Kier molecular flexibility index (Phi) is 5.58. The zero-order valence-electron chi connectivity index (χ0n) is 11.1. The summed E-state index contributed by atoms with van der Waals surface area (Å²) < 4.78 is 5.09. The molecule has 5 nitrogen and oxygen atoms in total. The van der Waals surface area contributed by atoms with Gasteiger partial charge in [-0.2, -0.15) is 0 Å². The molecule has 0 saturated heterocycles. The highest BCUT2D eigenvalue weighted by atomic mass is 16.5. The number of carbonyl (C=O) groups is 1. The fourth-order valence-corrected chi connectivity index (χ4v) is 1.70. The lowest BCUT2D eigenvalue weighted by Gasteiger charge is -2.30. The molecule has 0 radical (unpaired) electrons. The molecule has 100 valence electrons. The summed E-state index contributed by atoms with van der Waals surface area (Å²) >= 11 is 0. The van der Waals surface area contributed by atoms with E-state index in [0.717, 1.165) is 18.7 Å². The number of methoxy groups -OCH3 is 1. The van der Waals surface area contributed by atoms with Crippen molar-refractivity contribution in [1.82, 2.24) is 4.98 Å². The molecule has 18 heavy (non-hydrogen) atoms. The van der Waals surface area contributed by atoms with E-state index in [1.165, 1.54) is 6.07 Å². The van der Waals surface area contributed by atoms with Crippen molar-refractivity contribution in [2.75, 3.05) is 25.2 Å². The minimum absolute atomic E-state index is 0.0644. The number of anilines is 1. The lowest BCUT2D eigenvalue weighted by molar-refractivity contribution is 0.0690. The third-order valence-corrected chi connectivity index (χ3v) is 2.96. The summed E-state index contributed by atoms with van der Waals surface area (Å²) in [7, 11) is 1.67. The van der Waals surface area contributed by atoms with Gasteiger partial charge >= 0.3 is 5.97 Å². The molecule has 0 spiro atoms. The molecule has 1 unspecified atom stereocenters. The van der Waals surface area contributed by atoms with Crippen LogP contribution in [0.2, 0.25) is 0 Å². The Labute approximate surface area is 107 Å². The second-order valence-electron chi connectivity index (χ2n) is 4.15. The van der Waals surface area contributed by atoms with Crippen LogP contribution in [0.1, 0.15) is 30.8 Å². The van der Waals surface area contributed by atoms with Crippen LogP contribution in [-0.2, 0) is 4.74 Å². The first-order valence-electron chi connectivity index (χ1n) is 6.05. The first-order chi connectivity index (χ1) is 8.60. The lowest BCUT2D eigenvalue weighted by Crippen LogP contribution is -2.35. The van der Waals surface area contributed by atoms with Gasteiger partial charge in [-0.3, -0.25) is 0 Å². The topological polar surface area (TPSA) is 62.7 Å². The van der Waals surface area contributed by atoms with Gasteiger partial charge in [0.25, 0.3) is 0 Å². The second kappa shape index (κ2) is 6.96. The van der Waals surface area contributed by atoms with E-state index in [0.29, 0.717) is 12.6 Å². The average Bonchev–Trinajstić information content (AvgIpc) is 2.39. The van der Waals surface area contributed by atoms with Crippen LogP contribution in [0, 0.1) is 0 Å². The Balaban J connectivity index is 2.87. The number of rotatable bonds is 7. The van der Waals surface area contributed by atoms with Gasteiger partial charge in [0.05, 0.1) is 18.5 Å². The fraction of sp³-hybridized carbons (Fsp3) is 0.538. The monoisotopic (exact) mass is 252 g/mol. The molecule has 1 heterocycles. The molecular formula is C13H20N2O3. The molecule has 1 aromatic heterocycles. The number of nitrogens with zero attached hydrogens (tertiary/aromatic N) is 2. The van der Waals surface area contributed by atoms with Crippen LogP contribution in [0.25, 0.3) is 0 Å². The number of hydrogen-bond acceptors (Lipinski definition) is 4. The Hall–Kier alpha value is -1.62. The summed E-state index contributed by atoms with van der Waals surface area (Å²) in [5, 5.41) is 8.81. The van der Waals surface area contributed by atoms with Crippen molar-refractivity contribution in [3.8, 4) is 0 Å². The van der Waals surface area contributed by atoms with Crippen LogP contribution in [0.5, 0.6) is 0 Å². The third kappa shape index (κ3) is 3.70. The SMILES string of the molecule is CCC(C)N(CCOC)c1ccc(C(=O)O)nc1. The van der Waals surface area contributed by atoms with E-state index < -0.39 is 5.97 Å². The number of pyridine rings is 1. The zero-order valence-corrected chi connectivity index (χ0v) is 11.1. The number of aromatic nitrogens is 1. The van der Waals surface area contributed by atoms with E-state index in [1.54, 1.807) is 19.4 Å². The van der Waals surface area contributed by atoms with E-state index in [-0.39, 0.29) is 5.69 Å². The van der Waals surface area contributed by atoms with Gasteiger partial charge in [-0.15, -0.1) is 0 Å². The highest BCUT2D eigenvalue weighted by Gasteiger charge is 2.14. The van der Waals surface area contributed by atoms with Crippen molar-refractivity contribution < 1.29 is 14.6 Å². The molecule has 0 bridgehead atoms. The van der Waals surface area contributed by atoms with Gasteiger partial charge in [-0.1, -0.05) is 6.92 Å². The van der Waals surface area contributed by atoms with Crippen molar-refractivity contribution in [3.05, 3.63) is 24.0 Å². The lowest BCUT2D eigenvalue weighted by atomic mass is 10.2. The molecule has 5 heteroatoms. The van der Waals surface area contributed by atoms with Gasteiger partial charge in [0.15, 0.2) is 0 Å². The summed E-state index contributed by atoms with van der Waals surface area (Å²) in [5.41, 5.74) is 0.987. The van der Waals surface area contributed by atoms with E-state index in [1.807, 2.05) is 0 Å². The number of ether oxygens (including phenoxy) is 1. The van der Waals surface area contributed by atoms with E-state index in [9.17, 15) is 4.79 Å². The predicted molar refractivity (Wildman–Crippen MR) is 70.2 cm³/mol. The van der Waals surface area contributed by atoms with Crippen molar-refractivity contribution in [2.45, 2.75) is 26.3 Å². The highest BCUT2D eigenvalue weighted by molar-refractivity contribution is 5.85. The first-order valence-corrected chi connectivity index (χ1v) is 6.05. The molecular weight excluding hydrogens is 232 g/mol. The molecule has 0 aromatic carbocycles. The largest absolute Gasteiger partial charge is 0.477 e. The van der Waals surface area contributed by atoms with Crippen molar-refractivity contribution in [2.24, 2.45) is 0 Å². The molecule has 0 aliphatic heterocycles. The van der Waals surface area contributed by atoms with Gasteiger partial charge in [-0.25, -0.2) is 9.78 Å². The van der Waals surface area contributed by atoms with Gasteiger partial charge in [0.1, 0.15) is 5.69 Å². The van der Waals surface area contributed by atoms with E-state index in [4.69, 9.17) is 9.84 Å². The van der Waals surface area contributed by atoms with Crippen LogP contribution in [0.15, 0.2) is 18.3 Å². The molecule has 0 saturated carbocycles. The predicted octanol–water partition coefficient (Wildman–Crippen LogP) is 2.03. The minimum Gasteiger partial charge on any atom is -0.477 e. The van der Waals surface area contributed by atoms with Gasteiger partial charge in [0, 0.05) is 19.7 Å². The van der Waals surface area contributed by atoms with Crippen molar-refractivity contribution >= 4 is 11.7 Å². The number of carboxylic acid groups (broad SMARTS) is 1. The highest BCUT2D eigenvalue weighted by Crippen LogP contribution is 2.17. The van der Waals surface area contributed by atoms with Crippen LogP contribution in [-0.4, -0.2) is 42.4 Å². The molecule has 1 N–H and O–H groups in total. The standard InChI is InChI=1S/C13H20N2O3/c1-4-10(2)15(7-8-18-3)11-5-6-12(13(16)17)14-9-11/h5-6,9-10H,4,7-8H2,1-3H3,(H,16,17). The minimum atomic E-state index is -1.01. The maximum Gasteiger partial charge on any atom is 0.354 e. The number of carboxylic acids is 1.